The van der Waals surface area contributed by atoms with Crippen LogP contribution in [0.4, 0.5) is 4.39 Å². The van der Waals surface area contributed by atoms with Gasteiger partial charge in [-0.1, -0.05) is 35.3 Å². The van der Waals surface area contributed by atoms with Gasteiger partial charge in [0.1, 0.15) is 5.82 Å². The summed E-state index contributed by atoms with van der Waals surface area (Å²) in [6, 6.07) is 5.01. The highest BCUT2D eigenvalue weighted by atomic mass is 79.9. The van der Waals surface area contributed by atoms with E-state index in [0.717, 1.165) is 30.3 Å². The van der Waals surface area contributed by atoms with Gasteiger partial charge in [-0.25, -0.2) is 4.39 Å². The zero-order valence-corrected chi connectivity index (χ0v) is 12.7. The maximum atomic E-state index is 13.8. The lowest BCUT2D eigenvalue weighted by molar-refractivity contribution is -0.131. The van der Waals surface area contributed by atoms with Crippen LogP contribution in [0.3, 0.4) is 0 Å². The fraction of sp³-hybridized carbons (Fsp3) is 0.533. The van der Waals surface area contributed by atoms with Gasteiger partial charge in [0, 0.05) is 29.5 Å². The summed E-state index contributed by atoms with van der Waals surface area (Å²) in [6.07, 6.45) is 3.71. The maximum Gasteiger partial charge on any atom is 0.222 e. The molecule has 1 saturated heterocycles. The highest BCUT2D eigenvalue weighted by Crippen LogP contribution is 2.23. The van der Waals surface area contributed by atoms with Crippen LogP contribution in [-0.2, 0) is 11.3 Å². The summed E-state index contributed by atoms with van der Waals surface area (Å²) in [4.78, 5) is 13.8. The summed E-state index contributed by atoms with van der Waals surface area (Å²) in [5.74, 6) is 0.528. The molecule has 1 amide bonds. The van der Waals surface area contributed by atoms with Gasteiger partial charge in [0.15, 0.2) is 0 Å². The Kier molecular flexibility index (Phi) is 4.97. The average Bonchev–Trinajstić information content (AvgIpc) is 2.56. The van der Waals surface area contributed by atoms with Crippen LogP contribution >= 0.6 is 15.9 Å². The molecule has 2 rings (SSSR count). The molecule has 1 heterocycles. The molecule has 2 nitrogen and oxygen atoms in total. The van der Waals surface area contributed by atoms with Crippen molar-refractivity contribution in [1.82, 2.24) is 4.90 Å². The Morgan fingerprint density at radius 3 is 2.89 bits per heavy atom. The van der Waals surface area contributed by atoms with E-state index in [9.17, 15) is 9.18 Å². The molecular weight excluding hydrogens is 309 g/mol. The van der Waals surface area contributed by atoms with E-state index in [1.807, 2.05) is 6.07 Å². The van der Waals surface area contributed by atoms with Crippen molar-refractivity contribution in [3.8, 4) is 0 Å². The van der Waals surface area contributed by atoms with Crippen molar-refractivity contribution < 1.29 is 9.18 Å². The Balaban J connectivity index is 2.07. The molecule has 0 saturated carbocycles. The van der Waals surface area contributed by atoms with Gasteiger partial charge in [-0.3, -0.25) is 4.79 Å². The van der Waals surface area contributed by atoms with E-state index in [-0.39, 0.29) is 11.7 Å². The Morgan fingerprint density at radius 2 is 2.21 bits per heavy atom. The molecule has 1 fully saturated rings. The molecule has 0 bridgehead atoms. The summed E-state index contributed by atoms with van der Waals surface area (Å²) in [7, 11) is 0. The van der Waals surface area contributed by atoms with Crippen molar-refractivity contribution in [2.24, 2.45) is 5.92 Å². The predicted octanol–water partition coefficient (Wildman–Crippen LogP) is 4.13. The quantitative estimate of drug-likeness (QED) is 0.817. The number of carbonyl (C=O) groups excluding carboxylic acids is 1. The third kappa shape index (κ3) is 3.78. The van der Waals surface area contributed by atoms with Gasteiger partial charge >= 0.3 is 0 Å². The lowest BCUT2D eigenvalue weighted by atomic mass is 9.98. The number of carbonyl (C=O) groups is 1. The first-order chi connectivity index (χ1) is 9.10. The van der Waals surface area contributed by atoms with E-state index in [1.54, 1.807) is 11.0 Å². The highest BCUT2D eigenvalue weighted by molar-refractivity contribution is 9.10. The van der Waals surface area contributed by atoms with E-state index < -0.39 is 0 Å². The van der Waals surface area contributed by atoms with Crippen LogP contribution in [0.2, 0.25) is 0 Å². The molecule has 1 aliphatic rings. The number of amides is 1. The van der Waals surface area contributed by atoms with E-state index >= 15 is 0 Å². The lowest BCUT2D eigenvalue weighted by Crippen LogP contribution is -2.30. The second kappa shape index (κ2) is 6.51. The second-order valence-electron chi connectivity index (χ2n) is 5.15. The molecule has 0 N–H and O–H groups in total. The predicted molar refractivity (Wildman–Crippen MR) is 77.1 cm³/mol. The minimum absolute atomic E-state index is 0.151. The normalized spacial score (nSPS) is 20.5. The number of hydrogen-bond acceptors (Lipinski definition) is 1. The molecule has 0 aromatic heterocycles. The SMILES string of the molecule is CCC1CCC(=O)N(Cc2ccc(Br)cc2F)CC1. The van der Waals surface area contributed by atoms with Crippen molar-refractivity contribution >= 4 is 21.8 Å². The first-order valence-electron chi connectivity index (χ1n) is 6.82. The minimum atomic E-state index is -0.251. The molecule has 1 aromatic carbocycles. The third-order valence-electron chi connectivity index (χ3n) is 3.88. The van der Waals surface area contributed by atoms with Crippen LogP contribution in [0.5, 0.6) is 0 Å². The van der Waals surface area contributed by atoms with Gasteiger partial charge in [-0.2, -0.15) is 0 Å². The van der Waals surface area contributed by atoms with Crippen LogP contribution in [0.15, 0.2) is 22.7 Å². The number of halogens is 2. The topological polar surface area (TPSA) is 20.3 Å². The standard InChI is InChI=1S/C15H19BrFNO/c1-2-11-3-6-15(19)18(8-7-11)10-12-4-5-13(16)9-14(12)17/h4-5,9,11H,2-3,6-8,10H2,1H3. The average molecular weight is 328 g/mol. The van der Waals surface area contributed by atoms with Crippen LogP contribution < -0.4 is 0 Å². The second-order valence-corrected chi connectivity index (χ2v) is 6.07. The fourth-order valence-electron chi connectivity index (χ4n) is 2.52. The Hall–Kier alpha value is -0.900. The van der Waals surface area contributed by atoms with Crippen molar-refractivity contribution in [1.29, 1.82) is 0 Å². The third-order valence-corrected chi connectivity index (χ3v) is 4.37. The van der Waals surface area contributed by atoms with Crippen molar-refractivity contribution in [3.05, 3.63) is 34.1 Å². The summed E-state index contributed by atoms with van der Waals surface area (Å²) in [5.41, 5.74) is 0.589. The van der Waals surface area contributed by atoms with Crippen molar-refractivity contribution in [2.75, 3.05) is 6.54 Å². The van der Waals surface area contributed by atoms with Gasteiger partial charge < -0.3 is 4.90 Å². The first kappa shape index (κ1) is 14.5. The zero-order valence-electron chi connectivity index (χ0n) is 11.2. The van der Waals surface area contributed by atoms with Gasteiger partial charge in [0.05, 0.1) is 0 Å². The number of hydrogen-bond donors (Lipinski definition) is 0. The van der Waals surface area contributed by atoms with Crippen molar-refractivity contribution in [3.63, 3.8) is 0 Å². The van der Waals surface area contributed by atoms with Gasteiger partial charge in [0.2, 0.25) is 5.91 Å². The van der Waals surface area contributed by atoms with E-state index in [4.69, 9.17) is 0 Å². The zero-order chi connectivity index (χ0) is 13.8. The lowest BCUT2D eigenvalue weighted by Gasteiger charge is -2.21. The number of nitrogens with zero attached hydrogens (tertiary/aromatic N) is 1. The summed E-state index contributed by atoms with van der Waals surface area (Å²) in [6.45, 7) is 3.29. The molecule has 1 aliphatic heterocycles. The molecule has 4 heteroatoms. The van der Waals surface area contributed by atoms with Gasteiger partial charge in [-0.05, 0) is 30.9 Å². The Labute approximate surface area is 122 Å². The summed E-state index contributed by atoms with van der Waals surface area (Å²) in [5, 5.41) is 0. The first-order valence-corrected chi connectivity index (χ1v) is 7.61. The summed E-state index contributed by atoms with van der Waals surface area (Å²) < 4.78 is 14.5. The number of likely N-dealkylation sites (tertiary alicyclic amines) is 1. The fourth-order valence-corrected chi connectivity index (χ4v) is 2.86. The van der Waals surface area contributed by atoms with E-state index in [1.165, 1.54) is 6.07 Å². The van der Waals surface area contributed by atoms with Gasteiger partial charge in [0.25, 0.3) is 0 Å². The minimum Gasteiger partial charge on any atom is -0.338 e. The van der Waals surface area contributed by atoms with Crippen LogP contribution in [0, 0.1) is 11.7 Å². The van der Waals surface area contributed by atoms with E-state index in [2.05, 4.69) is 22.9 Å². The number of benzene rings is 1. The largest absolute Gasteiger partial charge is 0.338 e. The maximum absolute atomic E-state index is 13.8. The molecule has 0 spiro atoms. The molecule has 104 valence electrons. The van der Waals surface area contributed by atoms with Crippen molar-refractivity contribution in [2.45, 2.75) is 39.2 Å². The van der Waals surface area contributed by atoms with Crippen LogP contribution in [-0.4, -0.2) is 17.4 Å². The molecule has 0 aliphatic carbocycles. The Morgan fingerprint density at radius 1 is 1.42 bits per heavy atom. The monoisotopic (exact) mass is 327 g/mol. The van der Waals surface area contributed by atoms with Crippen LogP contribution in [0.25, 0.3) is 0 Å². The molecule has 1 aromatic rings. The summed E-state index contributed by atoms with van der Waals surface area (Å²) >= 11 is 3.24. The molecule has 0 radical (unpaired) electrons. The molecule has 1 unspecified atom stereocenters. The molecule has 1 atom stereocenters. The molecule has 19 heavy (non-hydrogen) atoms. The Bertz CT molecular complexity index is 463. The number of rotatable bonds is 3. The van der Waals surface area contributed by atoms with Gasteiger partial charge in [-0.15, -0.1) is 0 Å². The smallest absolute Gasteiger partial charge is 0.222 e. The van der Waals surface area contributed by atoms with E-state index in [0.29, 0.717) is 24.4 Å². The highest BCUT2D eigenvalue weighted by Gasteiger charge is 2.22. The molecular formula is C15H19BrFNO. The van der Waals surface area contributed by atoms with Crippen LogP contribution in [0.1, 0.15) is 38.2 Å².